The fraction of sp³-hybridized carbons (Fsp3) is 0.308. The van der Waals surface area contributed by atoms with Gasteiger partial charge in [0.15, 0.2) is 0 Å². The summed E-state index contributed by atoms with van der Waals surface area (Å²) in [5.41, 5.74) is 2.62. The minimum atomic E-state index is -0.119. The summed E-state index contributed by atoms with van der Waals surface area (Å²) in [6, 6.07) is 21.1. The van der Waals surface area contributed by atoms with Crippen molar-refractivity contribution in [2.75, 3.05) is 39.8 Å². The van der Waals surface area contributed by atoms with Crippen LogP contribution in [0.5, 0.6) is 5.75 Å². The van der Waals surface area contributed by atoms with Crippen LogP contribution in [0, 0.1) is 0 Å². The zero-order valence-corrected chi connectivity index (χ0v) is 19.4. The Bertz CT molecular complexity index is 1040. The quantitative estimate of drug-likeness (QED) is 0.491. The van der Waals surface area contributed by atoms with Gasteiger partial charge in [0.2, 0.25) is 0 Å². The first-order chi connectivity index (χ1) is 16.1. The van der Waals surface area contributed by atoms with Crippen molar-refractivity contribution in [3.63, 3.8) is 0 Å². The van der Waals surface area contributed by atoms with E-state index in [4.69, 9.17) is 21.1 Å². The average Bonchev–Trinajstić information content (AvgIpc) is 2.87. The van der Waals surface area contributed by atoms with Gasteiger partial charge in [-0.15, -0.1) is 0 Å². The van der Waals surface area contributed by atoms with Crippen LogP contribution in [0.25, 0.3) is 0 Å². The molecule has 1 amide bonds. The van der Waals surface area contributed by atoms with Crippen molar-refractivity contribution in [2.45, 2.75) is 12.7 Å². The predicted molar refractivity (Wildman–Crippen MR) is 129 cm³/mol. The number of aromatic nitrogens is 1. The van der Waals surface area contributed by atoms with Crippen LogP contribution in [-0.4, -0.2) is 60.5 Å². The number of ether oxygens (including phenoxy) is 2. The molecule has 0 aliphatic carbocycles. The summed E-state index contributed by atoms with van der Waals surface area (Å²) in [4.78, 5) is 21.1. The SMILES string of the molecule is COc1cccc(CO[C@H](CN2CCN(C(=O)c3ccccn3)CC2)c2ccc(Cl)cc2)c1. The van der Waals surface area contributed by atoms with Gasteiger partial charge >= 0.3 is 0 Å². The number of hydrogen-bond donors (Lipinski definition) is 0. The summed E-state index contributed by atoms with van der Waals surface area (Å²) in [7, 11) is 1.66. The van der Waals surface area contributed by atoms with Crippen LogP contribution in [0.1, 0.15) is 27.7 Å². The summed E-state index contributed by atoms with van der Waals surface area (Å²) in [6.45, 7) is 4.10. The van der Waals surface area contributed by atoms with Crippen LogP contribution >= 0.6 is 11.6 Å². The zero-order chi connectivity index (χ0) is 23.0. The Morgan fingerprint density at radius 3 is 2.52 bits per heavy atom. The molecule has 172 valence electrons. The molecule has 0 spiro atoms. The van der Waals surface area contributed by atoms with Crippen LogP contribution in [-0.2, 0) is 11.3 Å². The van der Waals surface area contributed by atoms with Crippen LogP contribution < -0.4 is 4.74 Å². The molecule has 0 saturated carbocycles. The van der Waals surface area contributed by atoms with E-state index >= 15 is 0 Å². The Hall–Kier alpha value is -2.93. The monoisotopic (exact) mass is 465 g/mol. The number of benzene rings is 2. The van der Waals surface area contributed by atoms with Gasteiger partial charge in [0.05, 0.1) is 19.8 Å². The molecule has 1 aliphatic rings. The number of carbonyl (C=O) groups excluding carboxylic acids is 1. The van der Waals surface area contributed by atoms with Crippen molar-refractivity contribution in [1.29, 1.82) is 0 Å². The fourth-order valence-corrected chi connectivity index (χ4v) is 4.04. The normalized spacial score (nSPS) is 15.3. The molecule has 1 aliphatic heterocycles. The second-order valence-electron chi connectivity index (χ2n) is 8.01. The first-order valence-electron chi connectivity index (χ1n) is 11.0. The van der Waals surface area contributed by atoms with Crippen molar-refractivity contribution in [3.05, 3.63) is 94.8 Å². The molecular weight excluding hydrogens is 438 g/mol. The molecule has 4 rings (SSSR count). The number of amides is 1. The Labute approximate surface area is 199 Å². The molecule has 1 aromatic heterocycles. The minimum Gasteiger partial charge on any atom is -0.497 e. The molecule has 2 aromatic carbocycles. The third-order valence-corrected chi connectivity index (χ3v) is 6.05. The molecule has 0 unspecified atom stereocenters. The van der Waals surface area contributed by atoms with Crippen LogP contribution in [0.3, 0.4) is 0 Å². The molecule has 0 bridgehead atoms. The largest absolute Gasteiger partial charge is 0.497 e. The van der Waals surface area contributed by atoms with E-state index in [0.717, 1.165) is 36.5 Å². The van der Waals surface area contributed by atoms with Gasteiger partial charge in [0, 0.05) is 43.9 Å². The van der Waals surface area contributed by atoms with Crippen LogP contribution in [0.15, 0.2) is 72.9 Å². The average molecular weight is 466 g/mol. The first kappa shape index (κ1) is 23.2. The van der Waals surface area contributed by atoms with E-state index in [2.05, 4.69) is 9.88 Å². The fourth-order valence-electron chi connectivity index (χ4n) is 3.91. The van der Waals surface area contributed by atoms with Gasteiger partial charge in [-0.3, -0.25) is 14.7 Å². The second kappa shape index (κ2) is 11.3. The van der Waals surface area contributed by atoms with Gasteiger partial charge in [-0.1, -0.05) is 41.9 Å². The van der Waals surface area contributed by atoms with E-state index in [-0.39, 0.29) is 12.0 Å². The number of nitrogens with zero attached hydrogens (tertiary/aromatic N) is 3. The van der Waals surface area contributed by atoms with Crippen LogP contribution in [0.2, 0.25) is 5.02 Å². The van der Waals surface area contributed by atoms with E-state index < -0.39 is 0 Å². The highest BCUT2D eigenvalue weighted by Gasteiger charge is 2.25. The van der Waals surface area contributed by atoms with Gasteiger partial charge in [-0.05, 0) is 47.5 Å². The summed E-state index contributed by atoms with van der Waals surface area (Å²) in [6.07, 6.45) is 1.53. The predicted octanol–water partition coefficient (Wildman–Crippen LogP) is 4.46. The topological polar surface area (TPSA) is 54.9 Å². The lowest BCUT2D eigenvalue weighted by molar-refractivity contribution is 0.00331. The second-order valence-corrected chi connectivity index (χ2v) is 8.45. The molecule has 33 heavy (non-hydrogen) atoms. The third-order valence-electron chi connectivity index (χ3n) is 5.79. The Morgan fingerprint density at radius 1 is 1.03 bits per heavy atom. The number of hydrogen-bond acceptors (Lipinski definition) is 5. The number of pyridine rings is 1. The Balaban J connectivity index is 1.39. The Morgan fingerprint density at radius 2 is 1.82 bits per heavy atom. The smallest absolute Gasteiger partial charge is 0.272 e. The molecule has 7 heteroatoms. The highest BCUT2D eigenvalue weighted by atomic mass is 35.5. The summed E-state index contributed by atoms with van der Waals surface area (Å²) >= 11 is 6.10. The molecule has 0 N–H and O–H groups in total. The number of carbonyl (C=O) groups is 1. The molecule has 1 fully saturated rings. The van der Waals surface area contributed by atoms with E-state index in [0.29, 0.717) is 30.4 Å². The van der Waals surface area contributed by atoms with Gasteiger partial charge in [0.1, 0.15) is 11.4 Å². The minimum absolute atomic E-state index is 0.0150. The van der Waals surface area contributed by atoms with Crippen molar-refractivity contribution in [1.82, 2.24) is 14.8 Å². The summed E-state index contributed by atoms with van der Waals surface area (Å²) in [5.74, 6) is 0.798. The molecular formula is C26H28ClN3O3. The highest BCUT2D eigenvalue weighted by Crippen LogP contribution is 2.24. The van der Waals surface area contributed by atoms with Gasteiger partial charge in [-0.2, -0.15) is 0 Å². The summed E-state index contributed by atoms with van der Waals surface area (Å²) < 4.78 is 11.7. The van der Waals surface area contributed by atoms with Gasteiger partial charge < -0.3 is 14.4 Å². The Kier molecular flexibility index (Phi) is 7.94. The van der Waals surface area contributed by atoms with Crippen molar-refractivity contribution in [3.8, 4) is 5.75 Å². The van der Waals surface area contributed by atoms with E-state index in [1.807, 2.05) is 65.6 Å². The first-order valence-corrected chi connectivity index (χ1v) is 11.4. The third kappa shape index (κ3) is 6.32. The molecule has 1 atom stereocenters. The van der Waals surface area contributed by atoms with Gasteiger partial charge in [-0.25, -0.2) is 0 Å². The lowest BCUT2D eigenvalue weighted by Crippen LogP contribution is -2.49. The van der Waals surface area contributed by atoms with E-state index in [9.17, 15) is 4.79 Å². The molecule has 6 nitrogen and oxygen atoms in total. The molecule has 3 aromatic rings. The number of halogens is 1. The maximum atomic E-state index is 12.7. The molecule has 2 heterocycles. The van der Waals surface area contributed by atoms with E-state index in [1.165, 1.54) is 0 Å². The van der Waals surface area contributed by atoms with E-state index in [1.54, 1.807) is 19.4 Å². The van der Waals surface area contributed by atoms with Crippen molar-refractivity contribution < 1.29 is 14.3 Å². The lowest BCUT2D eigenvalue weighted by Gasteiger charge is -2.36. The summed E-state index contributed by atoms with van der Waals surface area (Å²) in [5, 5.41) is 0.701. The van der Waals surface area contributed by atoms with Crippen LogP contribution in [0.4, 0.5) is 0 Å². The number of rotatable bonds is 8. The lowest BCUT2D eigenvalue weighted by atomic mass is 10.1. The number of methoxy groups -OCH3 is 1. The highest BCUT2D eigenvalue weighted by molar-refractivity contribution is 6.30. The van der Waals surface area contributed by atoms with Gasteiger partial charge in [0.25, 0.3) is 5.91 Å². The molecule has 0 radical (unpaired) electrons. The zero-order valence-electron chi connectivity index (χ0n) is 18.7. The van der Waals surface area contributed by atoms with Crippen molar-refractivity contribution >= 4 is 17.5 Å². The maximum Gasteiger partial charge on any atom is 0.272 e. The van der Waals surface area contributed by atoms with Crippen molar-refractivity contribution in [2.24, 2.45) is 0 Å². The molecule has 1 saturated heterocycles. The number of piperazine rings is 1. The maximum absolute atomic E-state index is 12.7. The standard InChI is InChI=1S/C26H28ClN3O3/c1-32-23-6-4-5-20(17-23)19-33-25(21-8-10-22(27)11-9-21)18-29-13-15-30(16-14-29)26(31)24-7-2-3-12-28-24/h2-12,17,25H,13-16,18-19H2,1H3/t25-/m1/s1.